The molecule has 1 aliphatic carbocycles. The Morgan fingerprint density at radius 2 is 1.93 bits per heavy atom. The Kier molecular flexibility index (Phi) is 6.48. The molecule has 1 unspecified atom stereocenters. The second-order valence-electron chi connectivity index (χ2n) is 11.4. The van der Waals surface area contributed by atoms with E-state index in [9.17, 15) is 19.1 Å². The molecular formula is C30H31F2N3O4S. The summed E-state index contributed by atoms with van der Waals surface area (Å²) in [6.45, 7) is 6.34. The monoisotopic (exact) mass is 567 g/mol. The van der Waals surface area contributed by atoms with Gasteiger partial charge in [-0.25, -0.2) is 4.39 Å². The standard InChI is InChI=1S/C30H31F2N3O4S/c1-17(2)13-19-14-30(15-19)9-4-11-39-28-21(5-6-22(31)24(28)32)25(20-8-12-40-18(20)3)35-16-33(30)29(38)26-27(37)23(36)7-10-34(26)35/h4-10,12,17,19,25,37H,11,13-16H2,1-3H3/b9-4+. The number of carbonyl (C=O) groups is 1. The van der Waals surface area contributed by atoms with Gasteiger partial charge in [0, 0.05) is 22.7 Å². The van der Waals surface area contributed by atoms with Crippen molar-refractivity contribution in [3.8, 4) is 11.5 Å². The number of thiophene rings is 1. The van der Waals surface area contributed by atoms with Crippen LogP contribution in [0.25, 0.3) is 0 Å². The molecule has 1 aromatic carbocycles. The van der Waals surface area contributed by atoms with E-state index in [1.54, 1.807) is 11.0 Å². The summed E-state index contributed by atoms with van der Waals surface area (Å²) in [5, 5.41) is 14.7. The number of fused-ring (bicyclic) bond motifs is 6. The van der Waals surface area contributed by atoms with Gasteiger partial charge in [-0.2, -0.15) is 4.39 Å². The minimum atomic E-state index is -1.09. The predicted molar refractivity (Wildman–Crippen MR) is 148 cm³/mol. The average Bonchev–Trinajstić information content (AvgIpc) is 3.30. The first-order chi connectivity index (χ1) is 19.1. The van der Waals surface area contributed by atoms with Crippen molar-refractivity contribution >= 4 is 17.2 Å². The van der Waals surface area contributed by atoms with Crippen molar-refractivity contribution in [3.63, 3.8) is 0 Å². The molecule has 10 heteroatoms. The Balaban J connectivity index is 1.61. The van der Waals surface area contributed by atoms with Gasteiger partial charge in [0.25, 0.3) is 5.91 Å². The van der Waals surface area contributed by atoms with E-state index in [4.69, 9.17) is 4.74 Å². The minimum absolute atomic E-state index is 0.0165. The van der Waals surface area contributed by atoms with Gasteiger partial charge >= 0.3 is 0 Å². The maximum Gasteiger partial charge on any atom is 0.278 e. The molecule has 2 aliphatic heterocycles. The highest BCUT2D eigenvalue weighted by Crippen LogP contribution is 2.49. The molecule has 1 fully saturated rings. The van der Waals surface area contributed by atoms with E-state index in [1.807, 2.05) is 29.5 Å². The zero-order chi connectivity index (χ0) is 28.3. The molecule has 210 valence electrons. The number of aryl methyl sites for hydroxylation is 1. The van der Waals surface area contributed by atoms with Crippen LogP contribution in [0.2, 0.25) is 0 Å². The molecule has 0 radical (unpaired) electrons. The third-order valence-electron chi connectivity index (χ3n) is 8.31. The molecule has 40 heavy (non-hydrogen) atoms. The lowest BCUT2D eigenvalue weighted by molar-refractivity contribution is -0.00149. The maximum atomic E-state index is 15.4. The highest BCUT2D eigenvalue weighted by atomic mass is 32.1. The summed E-state index contributed by atoms with van der Waals surface area (Å²) in [5.41, 5.74) is -0.319. The summed E-state index contributed by atoms with van der Waals surface area (Å²) in [6, 6.07) is 4.95. The number of nitrogens with zero attached hydrogens (tertiary/aromatic N) is 3. The molecule has 1 saturated carbocycles. The van der Waals surface area contributed by atoms with E-state index in [1.165, 1.54) is 34.3 Å². The maximum absolute atomic E-state index is 15.4. The van der Waals surface area contributed by atoms with Crippen molar-refractivity contribution < 1.29 is 23.4 Å². The SMILES string of the molecule is Cc1sccc1C1c2ccc(F)c(F)c2OC/C=C/C2(CC(CC(C)C)C2)N2CN1n1ccc(=O)c(O)c1C2=O. The van der Waals surface area contributed by atoms with E-state index in [0.717, 1.165) is 22.9 Å². The number of ether oxygens (including phenoxy) is 1. The molecule has 0 saturated heterocycles. The van der Waals surface area contributed by atoms with Gasteiger partial charge in [0.1, 0.15) is 19.3 Å². The fraction of sp³-hybridized carbons (Fsp3) is 0.400. The molecular weight excluding hydrogens is 536 g/mol. The number of carbonyl (C=O) groups excluding carboxylic acids is 1. The van der Waals surface area contributed by atoms with Crippen LogP contribution in [-0.4, -0.2) is 39.4 Å². The molecule has 1 amide bonds. The van der Waals surface area contributed by atoms with E-state index >= 15 is 4.39 Å². The van der Waals surface area contributed by atoms with Gasteiger partial charge in [0.2, 0.25) is 11.2 Å². The van der Waals surface area contributed by atoms with E-state index in [2.05, 4.69) is 13.8 Å². The molecule has 7 nitrogen and oxygen atoms in total. The molecule has 2 bridgehead atoms. The molecule has 4 heterocycles. The van der Waals surface area contributed by atoms with Crippen LogP contribution in [0.3, 0.4) is 0 Å². The summed E-state index contributed by atoms with van der Waals surface area (Å²) < 4.78 is 37.3. The number of hydrogen-bond acceptors (Lipinski definition) is 6. The van der Waals surface area contributed by atoms with Crippen LogP contribution >= 0.6 is 11.3 Å². The van der Waals surface area contributed by atoms with Crippen molar-refractivity contribution in [2.45, 2.75) is 51.6 Å². The van der Waals surface area contributed by atoms with Crippen LogP contribution < -0.4 is 15.2 Å². The summed E-state index contributed by atoms with van der Waals surface area (Å²) in [6.07, 6.45) is 7.53. The smallest absolute Gasteiger partial charge is 0.278 e. The summed E-state index contributed by atoms with van der Waals surface area (Å²) in [5.74, 6) is -2.54. The molecule has 1 N–H and O–H groups in total. The topological polar surface area (TPSA) is 75.0 Å². The Morgan fingerprint density at radius 3 is 2.62 bits per heavy atom. The van der Waals surface area contributed by atoms with E-state index in [0.29, 0.717) is 30.2 Å². The quantitative estimate of drug-likeness (QED) is 0.424. The third-order valence-corrected chi connectivity index (χ3v) is 9.17. The van der Waals surface area contributed by atoms with Crippen LogP contribution in [0.5, 0.6) is 11.5 Å². The molecule has 6 rings (SSSR count). The first-order valence-electron chi connectivity index (χ1n) is 13.5. The Labute approximate surface area is 234 Å². The Hall–Kier alpha value is -3.66. The number of aromatic hydroxyl groups is 1. The van der Waals surface area contributed by atoms with Crippen LogP contribution in [-0.2, 0) is 0 Å². The summed E-state index contributed by atoms with van der Waals surface area (Å²) in [7, 11) is 0. The van der Waals surface area contributed by atoms with Gasteiger partial charge in [0.05, 0.1) is 5.54 Å². The molecule has 1 atom stereocenters. The van der Waals surface area contributed by atoms with Gasteiger partial charge in [-0.15, -0.1) is 11.3 Å². The lowest BCUT2D eigenvalue weighted by Gasteiger charge is -2.56. The fourth-order valence-electron chi connectivity index (χ4n) is 6.58. The molecule has 1 spiro atoms. The second-order valence-corrected chi connectivity index (χ2v) is 12.5. The highest BCUT2D eigenvalue weighted by molar-refractivity contribution is 7.10. The number of pyridine rings is 1. The number of amides is 1. The van der Waals surface area contributed by atoms with E-state index in [-0.39, 0.29) is 24.7 Å². The summed E-state index contributed by atoms with van der Waals surface area (Å²) >= 11 is 1.51. The van der Waals surface area contributed by atoms with Crippen molar-refractivity contribution in [1.29, 1.82) is 0 Å². The van der Waals surface area contributed by atoms with Gasteiger partial charge in [-0.05, 0) is 73.2 Å². The predicted octanol–water partition coefficient (Wildman–Crippen LogP) is 5.49. The lowest BCUT2D eigenvalue weighted by atomic mass is 9.64. The molecule has 3 aromatic rings. The van der Waals surface area contributed by atoms with Crippen LogP contribution in [0.1, 0.15) is 65.6 Å². The normalized spacial score (nSPS) is 24.7. The van der Waals surface area contributed by atoms with Crippen molar-refractivity contribution in [2.75, 3.05) is 18.3 Å². The first-order valence-corrected chi connectivity index (χ1v) is 14.3. The van der Waals surface area contributed by atoms with Gasteiger partial charge in [-0.1, -0.05) is 19.9 Å². The minimum Gasteiger partial charge on any atom is -0.502 e. The number of hydrogen-bond donors (Lipinski definition) is 1. The van der Waals surface area contributed by atoms with Gasteiger partial charge in [-0.3, -0.25) is 19.3 Å². The molecule has 2 aromatic heterocycles. The zero-order valence-corrected chi connectivity index (χ0v) is 23.4. The lowest BCUT2D eigenvalue weighted by Crippen LogP contribution is -2.66. The van der Waals surface area contributed by atoms with Crippen LogP contribution in [0, 0.1) is 30.4 Å². The van der Waals surface area contributed by atoms with Gasteiger partial charge in [0.15, 0.2) is 23.0 Å². The Bertz CT molecular complexity index is 1570. The van der Waals surface area contributed by atoms with Gasteiger partial charge < -0.3 is 14.7 Å². The van der Waals surface area contributed by atoms with Crippen molar-refractivity contribution in [2.24, 2.45) is 11.8 Å². The van der Waals surface area contributed by atoms with Crippen LogP contribution in [0.4, 0.5) is 8.78 Å². The fourth-order valence-corrected chi connectivity index (χ4v) is 7.31. The summed E-state index contributed by atoms with van der Waals surface area (Å²) in [4.78, 5) is 29.3. The zero-order valence-electron chi connectivity index (χ0n) is 22.6. The third kappa shape index (κ3) is 4.11. The van der Waals surface area contributed by atoms with Crippen LogP contribution in [0.15, 0.2) is 52.8 Å². The van der Waals surface area contributed by atoms with E-state index < -0.39 is 40.3 Å². The average molecular weight is 568 g/mol. The number of rotatable bonds is 3. The van der Waals surface area contributed by atoms with Crippen molar-refractivity contribution in [1.82, 2.24) is 9.58 Å². The number of aromatic nitrogens is 1. The highest BCUT2D eigenvalue weighted by Gasteiger charge is 2.52. The van der Waals surface area contributed by atoms with Crippen molar-refractivity contribution in [3.05, 3.63) is 91.6 Å². The Morgan fingerprint density at radius 1 is 1.15 bits per heavy atom. The first kappa shape index (κ1) is 26.6. The molecule has 3 aliphatic rings. The number of benzene rings is 1. The second kappa shape index (κ2) is 9.76. The largest absolute Gasteiger partial charge is 0.502 e. The number of halogens is 2.